The highest BCUT2D eigenvalue weighted by atomic mass is 32.1. The molecule has 2 amide bonds. The molecule has 3 rings (SSSR count). The van der Waals surface area contributed by atoms with Crippen LogP contribution in [-0.2, 0) is 0 Å². The molecule has 1 atom stereocenters. The third-order valence-corrected chi connectivity index (χ3v) is 5.94. The summed E-state index contributed by atoms with van der Waals surface area (Å²) in [6, 6.07) is 4.11. The minimum absolute atomic E-state index is 0.0444. The number of carbonyl (C=O) groups excluding carboxylic acids is 1. The maximum atomic E-state index is 12.4. The van der Waals surface area contributed by atoms with Gasteiger partial charge < -0.3 is 15.3 Å². The van der Waals surface area contributed by atoms with Crippen LogP contribution in [0.3, 0.4) is 0 Å². The van der Waals surface area contributed by atoms with Crippen LogP contribution in [0.4, 0.5) is 4.79 Å². The minimum atomic E-state index is -0.816. The molecule has 2 fully saturated rings. The van der Waals surface area contributed by atoms with E-state index in [1.54, 1.807) is 0 Å². The van der Waals surface area contributed by atoms with Gasteiger partial charge in [-0.05, 0) is 63.0 Å². The zero-order valence-corrected chi connectivity index (χ0v) is 14.3. The Morgan fingerprint density at radius 3 is 2.52 bits per heavy atom. The smallest absolute Gasteiger partial charge is 0.407 e. The molecule has 0 aromatic carbocycles. The second kappa shape index (κ2) is 6.91. The zero-order valence-electron chi connectivity index (χ0n) is 13.5. The summed E-state index contributed by atoms with van der Waals surface area (Å²) in [6.07, 6.45) is 4.37. The van der Waals surface area contributed by atoms with E-state index < -0.39 is 6.09 Å². The van der Waals surface area contributed by atoms with Crippen molar-refractivity contribution in [3.8, 4) is 0 Å². The number of amides is 2. The Kier molecular flexibility index (Phi) is 4.90. The largest absolute Gasteiger partial charge is 0.465 e. The highest BCUT2D eigenvalue weighted by Gasteiger charge is 2.35. The highest BCUT2D eigenvalue weighted by Crippen LogP contribution is 2.37. The monoisotopic (exact) mass is 336 g/mol. The molecule has 2 heterocycles. The van der Waals surface area contributed by atoms with Crippen LogP contribution in [0, 0.1) is 18.8 Å². The molecule has 5 nitrogen and oxygen atoms in total. The summed E-state index contributed by atoms with van der Waals surface area (Å²) in [5, 5.41) is 12.3. The number of hydrogen-bond donors (Lipinski definition) is 2. The van der Waals surface area contributed by atoms with Crippen molar-refractivity contribution in [2.24, 2.45) is 11.8 Å². The van der Waals surface area contributed by atoms with Crippen molar-refractivity contribution in [2.75, 3.05) is 13.1 Å². The summed E-state index contributed by atoms with van der Waals surface area (Å²) in [5.41, 5.74) is 0. The number of nitrogens with zero attached hydrogens (tertiary/aromatic N) is 1. The lowest BCUT2D eigenvalue weighted by Crippen LogP contribution is -2.41. The quantitative estimate of drug-likeness (QED) is 0.866. The molecule has 1 saturated heterocycles. The maximum absolute atomic E-state index is 12.4. The van der Waals surface area contributed by atoms with Crippen molar-refractivity contribution >= 4 is 23.3 Å². The van der Waals surface area contributed by atoms with Gasteiger partial charge in [0.15, 0.2) is 0 Å². The Hall–Kier alpha value is -1.56. The van der Waals surface area contributed by atoms with E-state index in [1.165, 1.54) is 29.1 Å². The van der Waals surface area contributed by atoms with E-state index >= 15 is 0 Å². The number of hydrogen-bond acceptors (Lipinski definition) is 3. The van der Waals surface area contributed by atoms with Gasteiger partial charge in [-0.25, -0.2) is 4.79 Å². The van der Waals surface area contributed by atoms with Crippen molar-refractivity contribution in [1.29, 1.82) is 0 Å². The Bertz CT molecular complexity index is 574. The van der Waals surface area contributed by atoms with Gasteiger partial charge in [0.2, 0.25) is 0 Å². The first-order valence-electron chi connectivity index (χ1n) is 8.38. The first-order valence-corrected chi connectivity index (χ1v) is 9.19. The molecular weight excluding hydrogens is 312 g/mol. The first kappa shape index (κ1) is 16.3. The van der Waals surface area contributed by atoms with Crippen LogP contribution in [0.25, 0.3) is 0 Å². The van der Waals surface area contributed by atoms with E-state index in [1.807, 2.05) is 19.1 Å². The number of piperidine rings is 1. The number of likely N-dealkylation sites (tertiary alicyclic amines) is 1. The number of thiophene rings is 1. The van der Waals surface area contributed by atoms with Gasteiger partial charge in [-0.15, -0.1) is 11.3 Å². The van der Waals surface area contributed by atoms with Gasteiger partial charge in [-0.1, -0.05) is 0 Å². The number of carbonyl (C=O) groups is 2. The SMILES string of the molecule is Cc1ccc(C(=O)N[C@@H](CC2CCN(C(=O)O)CC2)C2CC2)s1. The molecule has 1 aliphatic carbocycles. The number of nitrogens with one attached hydrogen (secondary N) is 1. The van der Waals surface area contributed by atoms with Gasteiger partial charge in [0, 0.05) is 24.0 Å². The third-order valence-electron chi connectivity index (χ3n) is 4.94. The van der Waals surface area contributed by atoms with Gasteiger partial charge in [0.1, 0.15) is 0 Å². The van der Waals surface area contributed by atoms with E-state index in [9.17, 15) is 9.59 Å². The number of aryl methyl sites for hydroxylation is 1. The Morgan fingerprint density at radius 2 is 2.00 bits per heavy atom. The van der Waals surface area contributed by atoms with E-state index in [4.69, 9.17) is 5.11 Å². The molecule has 1 aromatic heterocycles. The number of rotatable bonds is 5. The van der Waals surface area contributed by atoms with E-state index in [2.05, 4.69) is 5.32 Å². The van der Waals surface area contributed by atoms with Crippen LogP contribution in [0.5, 0.6) is 0 Å². The van der Waals surface area contributed by atoms with Crippen molar-refractivity contribution in [3.63, 3.8) is 0 Å². The molecule has 2 N–H and O–H groups in total. The van der Waals surface area contributed by atoms with Crippen LogP contribution in [0.1, 0.15) is 46.7 Å². The molecule has 2 aliphatic rings. The lowest BCUT2D eigenvalue weighted by atomic mass is 9.88. The van der Waals surface area contributed by atoms with Crippen LogP contribution in [-0.4, -0.2) is 41.1 Å². The van der Waals surface area contributed by atoms with Crippen LogP contribution in [0.2, 0.25) is 0 Å². The average Bonchev–Trinajstić information content (AvgIpc) is 3.28. The summed E-state index contributed by atoms with van der Waals surface area (Å²) in [6.45, 7) is 3.25. The minimum Gasteiger partial charge on any atom is -0.465 e. The summed E-state index contributed by atoms with van der Waals surface area (Å²) < 4.78 is 0. The molecule has 0 radical (unpaired) electrons. The molecule has 0 unspecified atom stereocenters. The second-order valence-electron chi connectivity index (χ2n) is 6.78. The Morgan fingerprint density at radius 1 is 1.30 bits per heavy atom. The molecule has 6 heteroatoms. The molecule has 23 heavy (non-hydrogen) atoms. The van der Waals surface area contributed by atoms with Gasteiger partial charge in [0.25, 0.3) is 5.91 Å². The van der Waals surface area contributed by atoms with E-state index in [0.717, 1.165) is 29.0 Å². The van der Waals surface area contributed by atoms with Gasteiger partial charge >= 0.3 is 6.09 Å². The molecule has 0 bridgehead atoms. The fraction of sp³-hybridized carbons (Fsp3) is 0.647. The molecule has 1 saturated carbocycles. The molecular formula is C17H24N2O3S. The lowest BCUT2D eigenvalue weighted by molar-refractivity contribution is 0.0919. The van der Waals surface area contributed by atoms with E-state index in [-0.39, 0.29) is 11.9 Å². The fourth-order valence-corrected chi connectivity index (χ4v) is 4.15. The van der Waals surface area contributed by atoms with Crippen molar-refractivity contribution in [3.05, 3.63) is 21.9 Å². The zero-order chi connectivity index (χ0) is 16.4. The van der Waals surface area contributed by atoms with Crippen molar-refractivity contribution in [1.82, 2.24) is 10.2 Å². The predicted octanol–water partition coefficient (Wildman–Crippen LogP) is 3.35. The topological polar surface area (TPSA) is 69.6 Å². The van der Waals surface area contributed by atoms with Crippen LogP contribution < -0.4 is 5.32 Å². The van der Waals surface area contributed by atoms with Gasteiger partial charge in [0.05, 0.1) is 4.88 Å². The summed E-state index contributed by atoms with van der Waals surface area (Å²) >= 11 is 1.54. The van der Waals surface area contributed by atoms with Crippen molar-refractivity contribution < 1.29 is 14.7 Å². The van der Waals surface area contributed by atoms with Gasteiger partial charge in [-0.3, -0.25) is 4.79 Å². The Balaban J connectivity index is 1.53. The standard InChI is InChI=1S/C17H24N2O3S/c1-11-2-5-15(23-11)16(20)18-14(13-3-4-13)10-12-6-8-19(9-7-12)17(21)22/h2,5,12-14H,3-4,6-10H2,1H3,(H,18,20)(H,21,22)/t14-/m0/s1. The Labute approximate surface area is 140 Å². The molecule has 1 aliphatic heterocycles. The van der Waals surface area contributed by atoms with Crippen LogP contribution in [0.15, 0.2) is 12.1 Å². The van der Waals surface area contributed by atoms with Crippen molar-refractivity contribution in [2.45, 2.75) is 45.1 Å². The lowest BCUT2D eigenvalue weighted by Gasteiger charge is -2.32. The number of carboxylic acid groups (broad SMARTS) is 1. The molecule has 1 aromatic rings. The predicted molar refractivity (Wildman–Crippen MR) is 90.0 cm³/mol. The van der Waals surface area contributed by atoms with Crippen LogP contribution >= 0.6 is 11.3 Å². The first-order chi connectivity index (χ1) is 11.0. The van der Waals surface area contributed by atoms with Gasteiger partial charge in [-0.2, -0.15) is 0 Å². The fourth-order valence-electron chi connectivity index (χ4n) is 3.38. The molecule has 126 valence electrons. The average molecular weight is 336 g/mol. The van der Waals surface area contributed by atoms with E-state index in [0.29, 0.717) is 24.9 Å². The highest BCUT2D eigenvalue weighted by molar-refractivity contribution is 7.13. The molecule has 0 spiro atoms. The summed E-state index contributed by atoms with van der Waals surface area (Å²) in [4.78, 5) is 26.8. The second-order valence-corrected chi connectivity index (χ2v) is 8.06. The normalized spacial score (nSPS) is 20.3. The summed E-state index contributed by atoms with van der Waals surface area (Å²) in [7, 11) is 0. The maximum Gasteiger partial charge on any atom is 0.407 e. The summed E-state index contributed by atoms with van der Waals surface area (Å²) in [5.74, 6) is 1.17. The third kappa shape index (κ3) is 4.25.